The van der Waals surface area contributed by atoms with Gasteiger partial charge in [0.25, 0.3) is 0 Å². The van der Waals surface area contributed by atoms with Crippen molar-refractivity contribution in [3.63, 3.8) is 0 Å². The third-order valence-electron chi connectivity index (χ3n) is 6.13. The number of pyridine rings is 1. The Kier molecular flexibility index (Phi) is 6.14. The predicted octanol–water partition coefficient (Wildman–Crippen LogP) is 4.82. The van der Waals surface area contributed by atoms with E-state index in [2.05, 4.69) is 11.1 Å². The van der Waals surface area contributed by atoms with Gasteiger partial charge in [-0.05, 0) is 67.8 Å². The summed E-state index contributed by atoms with van der Waals surface area (Å²) in [7, 11) is 1.90. The van der Waals surface area contributed by atoms with Crippen LogP contribution in [0.1, 0.15) is 36.7 Å². The van der Waals surface area contributed by atoms with E-state index in [0.717, 1.165) is 39.0 Å². The Hall–Kier alpha value is -3.74. The maximum atomic E-state index is 13.3. The van der Waals surface area contributed by atoms with Gasteiger partial charge in [0.15, 0.2) is 0 Å². The highest BCUT2D eigenvalue weighted by atomic mass is 19.1. The number of fused-ring (bicyclic) bond motifs is 1. The van der Waals surface area contributed by atoms with Gasteiger partial charge in [-0.2, -0.15) is 5.10 Å². The van der Waals surface area contributed by atoms with E-state index < -0.39 is 0 Å². The van der Waals surface area contributed by atoms with E-state index in [-0.39, 0.29) is 17.8 Å². The van der Waals surface area contributed by atoms with Gasteiger partial charge in [0.1, 0.15) is 11.5 Å². The molecular weight excluding hydrogens is 417 g/mol. The lowest BCUT2D eigenvalue weighted by Crippen LogP contribution is -2.33. The molecule has 0 aliphatic rings. The van der Waals surface area contributed by atoms with Gasteiger partial charge in [-0.15, -0.1) is 0 Å². The third kappa shape index (κ3) is 4.58. The number of hydrogen-bond donors (Lipinski definition) is 1. The Morgan fingerprint density at radius 3 is 2.58 bits per heavy atom. The molecule has 7 heteroatoms. The maximum Gasteiger partial charge on any atom is 0.219 e. The third-order valence-corrected chi connectivity index (χ3v) is 6.13. The first-order valence-electron chi connectivity index (χ1n) is 11.0. The molecule has 2 aromatic carbocycles. The summed E-state index contributed by atoms with van der Waals surface area (Å²) >= 11 is 0. The number of halogens is 1. The van der Waals surface area contributed by atoms with E-state index >= 15 is 0 Å². The summed E-state index contributed by atoms with van der Waals surface area (Å²) in [5.41, 5.74) is 12.7. The second-order valence-electron chi connectivity index (χ2n) is 8.42. The highest BCUT2D eigenvalue weighted by molar-refractivity contribution is 5.95. The zero-order chi connectivity index (χ0) is 23.7. The van der Waals surface area contributed by atoms with E-state index in [1.165, 1.54) is 12.1 Å². The van der Waals surface area contributed by atoms with Crippen molar-refractivity contribution < 1.29 is 9.18 Å². The molecule has 170 valence electrons. The summed E-state index contributed by atoms with van der Waals surface area (Å²) in [5, 5.41) is 5.73. The standard InChI is InChI=1S/C26H28FN5O/c1-16-13-21(9-11-29-16)26-23-14-20(24(28)15-25(23)31(4)30-26)10-12-32(18(3)33)17(2)19-5-7-22(27)8-6-19/h5-9,11,13-15,17H,10,12,28H2,1-4H3/t17-/m1/s1. The average molecular weight is 446 g/mol. The van der Waals surface area contributed by atoms with Crippen LogP contribution in [0.5, 0.6) is 0 Å². The molecule has 4 rings (SSSR count). The smallest absolute Gasteiger partial charge is 0.219 e. The number of aryl methyl sites for hydroxylation is 2. The van der Waals surface area contributed by atoms with Crippen LogP contribution in [0, 0.1) is 12.7 Å². The molecule has 0 bridgehead atoms. The van der Waals surface area contributed by atoms with E-state index in [9.17, 15) is 9.18 Å². The summed E-state index contributed by atoms with van der Waals surface area (Å²) in [6.45, 7) is 5.95. The first kappa shape index (κ1) is 22.5. The molecule has 0 radical (unpaired) electrons. The number of nitrogens with zero attached hydrogens (tertiary/aromatic N) is 4. The highest BCUT2D eigenvalue weighted by Crippen LogP contribution is 2.31. The fourth-order valence-corrected chi connectivity index (χ4v) is 4.27. The molecule has 0 unspecified atom stereocenters. The molecule has 0 aliphatic carbocycles. The lowest BCUT2D eigenvalue weighted by Gasteiger charge is -2.29. The zero-order valence-corrected chi connectivity index (χ0v) is 19.3. The average Bonchev–Trinajstić information content (AvgIpc) is 3.09. The van der Waals surface area contributed by atoms with Gasteiger partial charge in [-0.25, -0.2) is 4.39 Å². The van der Waals surface area contributed by atoms with Gasteiger partial charge in [-0.1, -0.05) is 12.1 Å². The first-order chi connectivity index (χ1) is 15.7. The van der Waals surface area contributed by atoms with Crippen LogP contribution in [-0.4, -0.2) is 32.1 Å². The summed E-state index contributed by atoms with van der Waals surface area (Å²) in [4.78, 5) is 18.5. The number of hydrogen-bond acceptors (Lipinski definition) is 4. The fourth-order valence-electron chi connectivity index (χ4n) is 4.27. The normalized spacial score (nSPS) is 12.2. The largest absolute Gasteiger partial charge is 0.398 e. The van der Waals surface area contributed by atoms with Crippen LogP contribution in [0.15, 0.2) is 54.7 Å². The van der Waals surface area contributed by atoms with Gasteiger partial charge in [0.05, 0.1) is 11.6 Å². The van der Waals surface area contributed by atoms with Crippen molar-refractivity contribution in [2.75, 3.05) is 12.3 Å². The molecule has 33 heavy (non-hydrogen) atoms. The molecule has 0 spiro atoms. The van der Waals surface area contributed by atoms with Crippen molar-refractivity contribution in [3.05, 3.63) is 77.4 Å². The van der Waals surface area contributed by atoms with Crippen molar-refractivity contribution in [2.24, 2.45) is 7.05 Å². The minimum atomic E-state index is -0.293. The van der Waals surface area contributed by atoms with Gasteiger partial charge < -0.3 is 10.6 Å². The molecule has 1 atom stereocenters. The van der Waals surface area contributed by atoms with Crippen LogP contribution in [-0.2, 0) is 18.3 Å². The molecule has 0 saturated heterocycles. The fraction of sp³-hybridized carbons (Fsp3) is 0.269. The second-order valence-corrected chi connectivity index (χ2v) is 8.42. The van der Waals surface area contributed by atoms with Crippen LogP contribution in [0.2, 0.25) is 0 Å². The second kappa shape index (κ2) is 9.02. The number of nitrogens with two attached hydrogens (primary N) is 1. The minimum Gasteiger partial charge on any atom is -0.398 e. The van der Waals surface area contributed by atoms with Gasteiger partial charge in [-0.3, -0.25) is 14.5 Å². The summed E-state index contributed by atoms with van der Waals surface area (Å²) in [6.07, 6.45) is 2.38. The number of benzene rings is 2. The van der Waals surface area contributed by atoms with Crippen molar-refractivity contribution in [2.45, 2.75) is 33.2 Å². The Morgan fingerprint density at radius 2 is 1.91 bits per heavy atom. The topological polar surface area (TPSA) is 77.0 Å². The molecule has 4 aromatic rings. The van der Waals surface area contributed by atoms with Crippen molar-refractivity contribution >= 4 is 22.5 Å². The number of rotatable bonds is 6. The molecular formula is C26H28FN5O. The lowest BCUT2D eigenvalue weighted by atomic mass is 10.0. The first-order valence-corrected chi connectivity index (χ1v) is 11.0. The van der Waals surface area contributed by atoms with Crippen LogP contribution in [0.4, 0.5) is 10.1 Å². The Labute approximate surface area is 192 Å². The van der Waals surface area contributed by atoms with Gasteiger partial charge >= 0.3 is 0 Å². The molecule has 0 fully saturated rings. The van der Waals surface area contributed by atoms with E-state index in [1.54, 1.807) is 30.2 Å². The summed E-state index contributed by atoms with van der Waals surface area (Å²) in [5.74, 6) is -0.334. The predicted molar refractivity (Wildman–Crippen MR) is 129 cm³/mol. The molecule has 6 nitrogen and oxygen atoms in total. The summed E-state index contributed by atoms with van der Waals surface area (Å²) < 4.78 is 15.2. The van der Waals surface area contributed by atoms with Crippen molar-refractivity contribution in [1.29, 1.82) is 0 Å². The lowest BCUT2D eigenvalue weighted by molar-refractivity contribution is -0.130. The Morgan fingerprint density at radius 1 is 1.18 bits per heavy atom. The monoisotopic (exact) mass is 445 g/mol. The zero-order valence-electron chi connectivity index (χ0n) is 19.3. The Bertz CT molecular complexity index is 1310. The van der Waals surface area contributed by atoms with Crippen LogP contribution in [0.3, 0.4) is 0 Å². The number of amides is 1. The number of carbonyl (C=O) groups is 1. The van der Waals surface area contributed by atoms with Gasteiger partial charge in [0.2, 0.25) is 5.91 Å². The number of nitrogen functional groups attached to an aromatic ring is 1. The molecule has 2 N–H and O–H groups in total. The molecule has 1 amide bonds. The molecule has 2 heterocycles. The quantitative estimate of drug-likeness (QED) is 0.432. The van der Waals surface area contributed by atoms with E-state index in [1.807, 2.05) is 43.8 Å². The molecule has 2 aromatic heterocycles. The highest BCUT2D eigenvalue weighted by Gasteiger charge is 2.20. The van der Waals surface area contributed by atoms with Crippen molar-refractivity contribution in [3.8, 4) is 11.3 Å². The molecule has 0 aliphatic heterocycles. The number of aromatic nitrogens is 3. The Balaban J connectivity index is 1.65. The summed E-state index contributed by atoms with van der Waals surface area (Å²) in [6, 6.07) is 14.1. The SMILES string of the molecule is CC(=O)N(CCc1cc2c(-c3ccnc(C)c3)nn(C)c2cc1N)[C@H](C)c1ccc(F)cc1. The number of carbonyl (C=O) groups excluding carboxylic acids is 1. The van der Waals surface area contributed by atoms with Crippen LogP contribution >= 0.6 is 0 Å². The van der Waals surface area contributed by atoms with Crippen LogP contribution < -0.4 is 5.73 Å². The maximum absolute atomic E-state index is 13.3. The van der Waals surface area contributed by atoms with Crippen molar-refractivity contribution in [1.82, 2.24) is 19.7 Å². The van der Waals surface area contributed by atoms with Crippen LogP contribution in [0.25, 0.3) is 22.2 Å². The van der Waals surface area contributed by atoms with Gasteiger partial charge in [0, 0.05) is 49.0 Å². The molecule has 0 saturated carbocycles. The van der Waals surface area contributed by atoms with E-state index in [0.29, 0.717) is 18.7 Å². The minimum absolute atomic E-state index is 0.0409. The number of anilines is 1. The van der Waals surface area contributed by atoms with E-state index in [4.69, 9.17) is 10.8 Å².